The van der Waals surface area contributed by atoms with Crippen LogP contribution >= 0.6 is 0 Å². The first-order valence-electron chi connectivity index (χ1n) is 7.88. The number of hydrogen-bond donors (Lipinski definition) is 0. The van der Waals surface area contributed by atoms with Gasteiger partial charge in [-0.05, 0) is 0 Å². The van der Waals surface area contributed by atoms with Crippen LogP contribution in [0.4, 0.5) is 0 Å². The van der Waals surface area contributed by atoms with Crippen molar-refractivity contribution in [1.82, 2.24) is 24.4 Å². The van der Waals surface area contributed by atoms with E-state index in [1.54, 1.807) is 0 Å². The molecule has 0 atom stereocenters. The highest BCUT2D eigenvalue weighted by Crippen LogP contribution is 2.21. The van der Waals surface area contributed by atoms with Crippen LogP contribution in [0.5, 0.6) is 0 Å². The number of aryl methyl sites for hydroxylation is 1. The maximum atomic E-state index is 4.77. The van der Waals surface area contributed by atoms with Crippen molar-refractivity contribution in [2.45, 2.75) is 19.5 Å². The Labute approximate surface area is 135 Å². The molecule has 23 heavy (non-hydrogen) atoms. The molecular formula is C18H19N5. The van der Waals surface area contributed by atoms with E-state index in [1.165, 1.54) is 11.3 Å². The van der Waals surface area contributed by atoms with Gasteiger partial charge >= 0.3 is 0 Å². The first-order valence-corrected chi connectivity index (χ1v) is 7.88. The molecule has 0 radical (unpaired) electrons. The van der Waals surface area contributed by atoms with E-state index in [0.29, 0.717) is 0 Å². The predicted molar refractivity (Wildman–Crippen MR) is 88.5 cm³/mol. The minimum absolute atomic E-state index is 0.821. The molecule has 0 bridgehead atoms. The highest BCUT2D eigenvalue weighted by Gasteiger charge is 2.19. The molecule has 1 aromatic carbocycles. The summed E-state index contributed by atoms with van der Waals surface area (Å²) in [5.41, 5.74) is 3.48. The zero-order valence-electron chi connectivity index (χ0n) is 13.2. The van der Waals surface area contributed by atoms with Crippen LogP contribution in [0.1, 0.15) is 17.1 Å². The smallest absolute Gasteiger partial charge is 0.159 e. The molecule has 0 aliphatic carbocycles. The molecule has 1 aliphatic heterocycles. The monoisotopic (exact) mass is 305 g/mol. The zero-order valence-corrected chi connectivity index (χ0v) is 13.2. The molecule has 0 amide bonds. The quantitative estimate of drug-likeness (QED) is 0.745. The van der Waals surface area contributed by atoms with Crippen molar-refractivity contribution in [2.75, 3.05) is 6.54 Å². The number of benzene rings is 1. The average molecular weight is 305 g/mol. The molecule has 3 aromatic rings. The van der Waals surface area contributed by atoms with Gasteiger partial charge in [0, 0.05) is 56.3 Å². The maximum absolute atomic E-state index is 4.77. The Morgan fingerprint density at radius 1 is 1.13 bits per heavy atom. The largest absolute Gasteiger partial charge is 0.337 e. The highest BCUT2D eigenvalue weighted by atomic mass is 15.2. The van der Waals surface area contributed by atoms with E-state index in [4.69, 9.17) is 4.98 Å². The second-order valence-corrected chi connectivity index (χ2v) is 5.95. The first kappa shape index (κ1) is 14.1. The van der Waals surface area contributed by atoms with E-state index in [9.17, 15) is 0 Å². The van der Waals surface area contributed by atoms with Crippen LogP contribution in [0.2, 0.25) is 0 Å². The van der Waals surface area contributed by atoms with Gasteiger partial charge in [-0.1, -0.05) is 30.3 Å². The molecule has 0 fully saturated rings. The summed E-state index contributed by atoms with van der Waals surface area (Å²) in [6, 6.07) is 10.2. The summed E-state index contributed by atoms with van der Waals surface area (Å²) in [4.78, 5) is 16.1. The Kier molecular flexibility index (Phi) is 3.63. The van der Waals surface area contributed by atoms with Crippen molar-refractivity contribution >= 4 is 0 Å². The summed E-state index contributed by atoms with van der Waals surface area (Å²) in [5, 5.41) is 0. The second-order valence-electron chi connectivity index (χ2n) is 5.95. The molecule has 4 rings (SSSR count). The van der Waals surface area contributed by atoms with Gasteiger partial charge in [0.1, 0.15) is 5.82 Å². The maximum Gasteiger partial charge on any atom is 0.159 e. The van der Waals surface area contributed by atoms with E-state index in [0.717, 1.165) is 43.3 Å². The van der Waals surface area contributed by atoms with Crippen molar-refractivity contribution in [3.63, 3.8) is 0 Å². The molecular weight excluding hydrogens is 286 g/mol. The third kappa shape index (κ3) is 2.87. The summed E-state index contributed by atoms with van der Waals surface area (Å²) >= 11 is 0. The summed E-state index contributed by atoms with van der Waals surface area (Å²) in [7, 11) is 2.04. The third-order valence-corrected chi connectivity index (χ3v) is 4.33. The van der Waals surface area contributed by atoms with Gasteiger partial charge in [-0.3, -0.25) is 4.90 Å². The van der Waals surface area contributed by atoms with Crippen LogP contribution < -0.4 is 0 Å². The molecule has 1 aliphatic rings. The molecule has 0 spiro atoms. The lowest BCUT2D eigenvalue weighted by molar-refractivity contribution is 0.234. The Bertz CT molecular complexity index is 809. The second kappa shape index (κ2) is 5.93. The first-order chi connectivity index (χ1) is 11.3. The molecule has 3 heterocycles. The lowest BCUT2D eigenvalue weighted by atomic mass is 10.1. The van der Waals surface area contributed by atoms with Crippen molar-refractivity contribution in [2.24, 2.45) is 7.05 Å². The van der Waals surface area contributed by atoms with Gasteiger partial charge < -0.3 is 4.57 Å². The number of rotatable bonds is 3. The lowest BCUT2D eigenvalue weighted by Crippen LogP contribution is -2.31. The van der Waals surface area contributed by atoms with E-state index in [-0.39, 0.29) is 0 Å². The van der Waals surface area contributed by atoms with Crippen molar-refractivity contribution < 1.29 is 0 Å². The van der Waals surface area contributed by atoms with Crippen LogP contribution in [0.25, 0.3) is 11.4 Å². The van der Waals surface area contributed by atoms with E-state index in [1.807, 2.05) is 43.8 Å². The normalized spacial score (nSPS) is 14.7. The number of aromatic nitrogens is 4. The summed E-state index contributed by atoms with van der Waals surface area (Å²) in [6.45, 7) is 2.76. The summed E-state index contributed by atoms with van der Waals surface area (Å²) in [5.74, 6) is 1.91. The van der Waals surface area contributed by atoms with Gasteiger partial charge in [0.05, 0.1) is 12.2 Å². The lowest BCUT2D eigenvalue weighted by Gasteiger charge is -2.27. The molecule has 0 unspecified atom stereocenters. The Morgan fingerprint density at radius 2 is 2.00 bits per heavy atom. The molecule has 2 aromatic heterocycles. The van der Waals surface area contributed by atoms with E-state index < -0.39 is 0 Å². The van der Waals surface area contributed by atoms with Gasteiger partial charge in [0.25, 0.3) is 0 Å². The Morgan fingerprint density at radius 3 is 2.78 bits per heavy atom. The van der Waals surface area contributed by atoms with E-state index >= 15 is 0 Å². The average Bonchev–Trinajstić information content (AvgIpc) is 3.00. The van der Waals surface area contributed by atoms with Gasteiger partial charge in [0.15, 0.2) is 5.82 Å². The molecule has 0 saturated heterocycles. The van der Waals surface area contributed by atoms with Crippen LogP contribution in [0.3, 0.4) is 0 Å². The van der Waals surface area contributed by atoms with Crippen molar-refractivity contribution in [3.05, 3.63) is 66.0 Å². The fourth-order valence-corrected chi connectivity index (χ4v) is 2.98. The van der Waals surface area contributed by atoms with Gasteiger partial charge in [-0.25, -0.2) is 15.0 Å². The SMILES string of the molecule is Cn1ccnc1CN1CCc2nc(-c3ccccc3)ncc2C1. The topological polar surface area (TPSA) is 46.8 Å². The number of imidazole rings is 1. The third-order valence-electron chi connectivity index (χ3n) is 4.33. The fraction of sp³-hybridized carbons (Fsp3) is 0.278. The van der Waals surface area contributed by atoms with E-state index in [2.05, 4.69) is 31.6 Å². The Balaban J connectivity index is 1.53. The standard InChI is InChI=1S/C18H19N5/c1-22-10-8-19-17(22)13-23-9-7-16-15(12-23)11-20-18(21-16)14-5-3-2-4-6-14/h2-6,8,10-11H,7,9,12-13H2,1H3. The van der Waals surface area contributed by atoms with Gasteiger partial charge in [-0.2, -0.15) is 0 Å². The number of nitrogens with zero attached hydrogens (tertiary/aromatic N) is 5. The van der Waals surface area contributed by atoms with Crippen LogP contribution in [0.15, 0.2) is 48.9 Å². The molecule has 0 saturated carbocycles. The zero-order chi connectivity index (χ0) is 15.6. The number of fused-ring (bicyclic) bond motifs is 1. The van der Waals surface area contributed by atoms with Crippen molar-refractivity contribution in [1.29, 1.82) is 0 Å². The number of hydrogen-bond acceptors (Lipinski definition) is 4. The Hall–Kier alpha value is -2.53. The van der Waals surface area contributed by atoms with Crippen LogP contribution in [-0.4, -0.2) is 31.0 Å². The summed E-state index contributed by atoms with van der Waals surface area (Å²) in [6.07, 6.45) is 6.78. The van der Waals surface area contributed by atoms with Gasteiger partial charge in [0.2, 0.25) is 0 Å². The van der Waals surface area contributed by atoms with Crippen LogP contribution in [-0.2, 0) is 26.6 Å². The van der Waals surface area contributed by atoms with Crippen LogP contribution in [0, 0.1) is 0 Å². The van der Waals surface area contributed by atoms with Crippen molar-refractivity contribution in [3.8, 4) is 11.4 Å². The molecule has 5 heteroatoms. The highest BCUT2D eigenvalue weighted by molar-refractivity contribution is 5.54. The molecule has 116 valence electrons. The molecule has 5 nitrogen and oxygen atoms in total. The molecule has 0 N–H and O–H groups in total. The predicted octanol–water partition coefficient (Wildman–Crippen LogP) is 2.44. The fourth-order valence-electron chi connectivity index (χ4n) is 2.98. The minimum Gasteiger partial charge on any atom is -0.337 e. The van der Waals surface area contributed by atoms with Gasteiger partial charge in [-0.15, -0.1) is 0 Å². The minimum atomic E-state index is 0.821. The summed E-state index contributed by atoms with van der Waals surface area (Å²) < 4.78 is 2.07.